The maximum Gasteiger partial charge on any atom is 0.290 e. The summed E-state index contributed by atoms with van der Waals surface area (Å²) in [6.45, 7) is 3.72. The highest BCUT2D eigenvalue weighted by atomic mass is 32.2. The summed E-state index contributed by atoms with van der Waals surface area (Å²) in [6, 6.07) is 7.80. The summed E-state index contributed by atoms with van der Waals surface area (Å²) in [5.74, 6) is 0. The van der Waals surface area contributed by atoms with Crippen LogP contribution in [0.25, 0.3) is 0 Å². The third kappa shape index (κ3) is 2.82. The standard InChI is InChI=1S/C17H19N3O4S/c1-11-9-16(20(21)22)17(10-12(11)2)25(23,24)19-8-4-5-13-14(18)6-3-7-15(13)19/h3,6-7,9-10H,4-5,8,18H2,1-2H3. The summed E-state index contributed by atoms with van der Waals surface area (Å²) < 4.78 is 27.7. The Bertz CT molecular complexity index is 970. The number of hydrogen-bond donors (Lipinski definition) is 1. The molecule has 2 aromatic rings. The van der Waals surface area contributed by atoms with Gasteiger partial charge in [0.15, 0.2) is 4.90 Å². The van der Waals surface area contributed by atoms with Crippen molar-refractivity contribution in [2.75, 3.05) is 16.6 Å². The predicted octanol–water partition coefficient (Wildman–Crippen LogP) is 2.94. The molecule has 3 rings (SSSR count). The molecule has 0 amide bonds. The Morgan fingerprint density at radius 2 is 1.88 bits per heavy atom. The molecule has 0 fully saturated rings. The number of rotatable bonds is 3. The van der Waals surface area contributed by atoms with Crippen LogP contribution in [-0.2, 0) is 16.4 Å². The van der Waals surface area contributed by atoms with Crippen LogP contribution >= 0.6 is 0 Å². The van der Waals surface area contributed by atoms with Crippen LogP contribution in [-0.4, -0.2) is 19.9 Å². The van der Waals surface area contributed by atoms with Gasteiger partial charge in [0, 0.05) is 18.3 Å². The van der Waals surface area contributed by atoms with Crippen molar-refractivity contribution in [2.24, 2.45) is 0 Å². The Morgan fingerprint density at radius 1 is 1.20 bits per heavy atom. The number of fused-ring (bicyclic) bond motifs is 1. The fraction of sp³-hybridized carbons (Fsp3) is 0.294. The number of nitrogen functional groups attached to an aromatic ring is 1. The van der Waals surface area contributed by atoms with Gasteiger partial charge >= 0.3 is 0 Å². The lowest BCUT2D eigenvalue weighted by molar-refractivity contribution is -0.387. The smallest absolute Gasteiger partial charge is 0.290 e. The number of nitro groups is 1. The minimum absolute atomic E-state index is 0.267. The molecule has 8 heteroatoms. The van der Waals surface area contributed by atoms with Crippen LogP contribution in [0.5, 0.6) is 0 Å². The molecule has 2 N–H and O–H groups in total. The van der Waals surface area contributed by atoms with E-state index in [1.807, 2.05) is 0 Å². The van der Waals surface area contributed by atoms with Crippen LogP contribution in [0.1, 0.15) is 23.1 Å². The van der Waals surface area contributed by atoms with Crippen molar-refractivity contribution in [3.05, 3.63) is 57.1 Å². The first-order valence-corrected chi connectivity index (χ1v) is 9.33. The van der Waals surface area contributed by atoms with Gasteiger partial charge in [0.05, 0.1) is 10.6 Å². The maximum atomic E-state index is 13.2. The molecule has 0 spiro atoms. The molecule has 0 atom stereocenters. The van der Waals surface area contributed by atoms with Crippen molar-refractivity contribution in [3.63, 3.8) is 0 Å². The Hall–Kier alpha value is -2.61. The van der Waals surface area contributed by atoms with E-state index in [0.717, 1.165) is 5.56 Å². The summed E-state index contributed by atoms with van der Waals surface area (Å²) >= 11 is 0. The van der Waals surface area contributed by atoms with Gasteiger partial charge in [-0.15, -0.1) is 0 Å². The Morgan fingerprint density at radius 3 is 2.56 bits per heavy atom. The number of nitro benzene ring substituents is 1. The maximum absolute atomic E-state index is 13.2. The van der Waals surface area contributed by atoms with E-state index in [4.69, 9.17) is 5.73 Å². The lowest BCUT2D eigenvalue weighted by Crippen LogP contribution is -2.36. The summed E-state index contributed by atoms with van der Waals surface area (Å²) in [5.41, 5.74) is 8.74. The minimum atomic E-state index is -4.07. The van der Waals surface area contributed by atoms with E-state index in [0.29, 0.717) is 35.3 Å². The molecule has 0 bridgehead atoms. The summed E-state index contributed by atoms with van der Waals surface area (Å²) in [6.07, 6.45) is 1.29. The molecular weight excluding hydrogens is 342 g/mol. The van der Waals surface area contributed by atoms with Gasteiger partial charge in [-0.05, 0) is 61.6 Å². The van der Waals surface area contributed by atoms with Gasteiger partial charge in [-0.25, -0.2) is 8.42 Å². The van der Waals surface area contributed by atoms with Gasteiger partial charge in [0.2, 0.25) is 0 Å². The highest BCUT2D eigenvalue weighted by molar-refractivity contribution is 7.93. The molecule has 0 saturated carbocycles. The van der Waals surface area contributed by atoms with Gasteiger partial charge in [0.25, 0.3) is 15.7 Å². The molecule has 0 radical (unpaired) electrons. The molecule has 1 heterocycles. The molecule has 132 valence electrons. The van der Waals surface area contributed by atoms with Crippen LogP contribution in [0.15, 0.2) is 35.2 Å². The third-order valence-corrected chi connectivity index (χ3v) is 6.43. The first-order valence-electron chi connectivity index (χ1n) is 7.89. The van der Waals surface area contributed by atoms with E-state index in [-0.39, 0.29) is 11.4 Å². The van der Waals surface area contributed by atoms with Gasteiger partial charge in [-0.2, -0.15) is 0 Å². The fourth-order valence-corrected chi connectivity index (χ4v) is 4.87. The topological polar surface area (TPSA) is 107 Å². The number of nitrogens with zero attached hydrogens (tertiary/aromatic N) is 2. The SMILES string of the molecule is Cc1cc([N+](=O)[O-])c(S(=O)(=O)N2CCCc3c(N)cccc32)cc1C. The molecule has 25 heavy (non-hydrogen) atoms. The zero-order valence-electron chi connectivity index (χ0n) is 14.0. The fourth-order valence-electron chi connectivity index (χ4n) is 3.11. The average molecular weight is 361 g/mol. The van der Waals surface area contributed by atoms with Gasteiger partial charge in [-0.3, -0.25) is 14.4 Å². The Balaban J connectivity index is 2.22. The Kier molecular flexibility index (Phi) is 4.16. The summed E-state index contributed by atoms with van der Waals surface area (Å²) in [5, 5.41) is 11.4. The third-order valence-electron chi connectivity index (χ3n) is 4.58. The molecule has 1 aliphatic heterocycles. The highest BCUT2D eigenvalue weighted by Gasteiger charge is 2.35. The largest absolute Gasteiger partial charge is 0.398 e. The zero-order valence-corrected chi connectivity index (χ0v) is 14.8. The van der Waals surface area contributed by atoms with E-state index >= 15 is 0 Å². The monoisotopic (exact) mass is 361 g/mol. The summed E-state index contributed by atoms with van der Waals surface area (Å²) in [7, 11) is -4.07. The predicted molar refractivity (Wildman–Crippen MR) is 96.3 cm³/mol. The number of aryl methyl sites for hydroxylation is 2. The van der Waals surface area contributed by atoms with Crippen LogP contribution in [0.2, 0.25) is 0 Å². The number of anilines is 2. The number of benzene rings is 2. The van der Waals surface area contributed by atoms with Crippen LogP contribution < -0.4 is 10.0 Å². The van der Waals surface area contributed by atoms with Crippen molar-refractivity contribution in [1.82, 2.24) is 0 Å². The lowest BCUT2D eigenvalue weighted by atomic mass is 10.0. The molecule has 0 aliphatic carbocycles. The van der Waals surface area contributed by atoms with Crippen molar-refractivity contribution in [1.29, 1.82) is 0 Å². The van der Waals surface area contributed by atoms with Crippen LogP contribution in [0.3, 0.4) is 0 Å². The molecule has 1 aliphatic rings. The van der Waals surface area contributed by atoms with E-state index in [1.165, 1.54) is 16.4 Å². The van der Waals surface area contributed by atoms with Crippen LogP contribution in [0.4, 0.5) is 17.1 Å². The minimum Gasteiger partial charge on any atom is -0.398 e. The molecule has 0 saturated heterocycles. The van der Waals surface area contributed by atoms with E-state index in [9.17, 15) is 18.5 Å². The number of sulfonamides is 1. The summed E-state index contributed by atoms with van der Waals surface area (Å²) in [4.78, 5) is 10.5. The zero-order chi connectivity index (χ0) is 18.4. The van der Waals surface area contributed by atoms with Crippen molar-refractivity contribution >= 4 is 27.1 Å². The molecule has 2 aromatic carbocycles. The van der Waals surface area contributed by atoms with E-state index < -0.39 is 20.6 Å². The second kappa shape index (κ2) is 6.03. The van der Waals surface area contributed by atoms with Crippen molar-refractivity contribution in [3.8, 4) is 0 Å². The first-order chi connectivity index (χ1) is 11.7. The quantitative estimate of drug-likeness (QED) is 0.514. The van der Waals surface area contributed by atoms with Crippen molar-refractivity contribution in [2.45, 2.75) is 31.6 Å². The number of hydrogen-bond acceptors (Lipinski definition) is 5. The Labute approximate surface area is 146 Å². The van der Waals surface area contributed by atoms with Crippen LogP contribution in [0, 0.1) is 24.0 Å². The molecule has 0 aromatic heterocycles. The molecule has 0 unspecified atom stereocenters. The van der Waals surface area contributed by atoms with E-state index in [2.05, 4.69) is 0 Å². The number of nitrogens with two attached hydrogens (primary N) is 1. The molecule has 7 nitrogen and oxygen atoms in total. The van der Waals surface area contributed by atoms with Gasteiger partial charge in [0.1, 0.15) is 0 Å². The first kappa shape index (κ1) is 17.2. The van der Waals surface area contributed by atoms with E-state index in [1.54, 1.807) is 32.0 Å². The van der Waals surface area contributed by atoms with Gasteiger partial charge in [-0.1, -0.05) is 6.07 Å². The van der Waals surface area contributed by atoms with Gasteiger partial charge < -0.3 is 5.73 Å². The second-order valence-corrected chi connectivity index (χ2v) is 8.02. The second-order valence-electron chi connectivity index (χ2n) is 6.19. The average Bonchev–Trinajstić information content (AvgIpc) is 2.56. The highest BCUT2D eigenvalue weighted by Crippen LogP contribution is 2.37. The lowest BCUT2D eigenvalue weighted by Gasteiger charge is -2.31. The molecular formula is C17H19N3O4S. The normalized spacial score (nSPS) is 14.2. The van der Waals surface area contributed by atoms with Crippen molar-refractivity contribution < 1.29 is 13.3 Å².